The Kier molecular flexibility index (Phi) is 10.5. The fourth-order valence-electron chi connectivity index (χ4n) is 13.9. The minimum Gasteiger partial charge on any atom is -0.508 e. The van der Waals surface area contributed by atoms with E-state index < -0.39 is 59.6 Å². The number of esters is 1. The lowest BCUT2D eigenvalue weighted by atomic mass is 9.68. The average Bonchev–Trinajstić information content (AvgIpc) is 1.80. The number of rotatable bonds is 7. The fraction of sp³-hybridized carbons (Fsp3) is 0.154. The van der Waals surface area contributed by atoms with Gasteiger partial charge in [-0.1, -0.05) is 60.7 Å². The number of aromatic hydroxyl groups is 10. The first-order valence-corrected chi connectivity index (χ1v) is 25.8. The van der Waals surface area contributed by atoms with Crippen molar-refractivity contribution >= 4 is 5.97 Å². The second kappa shape index (κ2) is 17.5. The molecule has 3 heterocycles. The molecule has 9 aromatic carbocycles. The molecule has 0 fully saturated rings. The van der Waals surface area contributed by atoms with Gasteiger partial charge < -0.3 is 65.3 Å². The van der Waals surface area contributed by atoms with Crippen molar-refractivity contribution in [3.63, 3.8) is 0 Å². The Labute approximate surface area is 450 Å². The van der Waals surface area contributed by atoms with Gasteiger partial charge in [-0.3, -0.25) is 4.79 Å². The molecule has 14 rings (SSSR count). The van der Waals surface area contributed by atoms with Crippen LogP contribution in [0.5, 0.6) is 74.7 Å². The smallest absolute Gasteiger partial charge is 0.312 e. The molecule has 0 saturated carbocycles. The molecule has 0 aromatic heterocycles. The van der Waals surface area contributed by atoms with Crippen LogP contribution in [0.4, 0.5) is 0 Å². The van der Waals surface area contributed by atoms with E-state index >= 15 is 0 Å². The Morgan fingerprint density at radius 2 is 0.797 bits per heavy atom. The minimum absolute atomic E-state index is 0.00691. The highest BCUT2D eigenvalue weighted by Crippen LogP contribution is 2.74. The molecule has 0 amide bonds. The van der Waals surface area contributed by atoms with Gasteiger partial charge in [0, 0.05) is 75.6 Å². The normalized spacial score (nSPS) is 22.8. The van der Waals surface area contributed by atoms with E-state index in [1.54, 1.807) is 109 Å². The van der Waals surface area contributed by atoms with Gasteiger partial charge in [-0.25, -0.2) is 0 Å². The van der Waals surface area contributed by atoms with Gasteiger partial charge in [-0.2, -0.15) is 0 Å². The summed E-state index contributed by atoms with van der Waals surface area (Å²) in [6.07, 6.45) is -1.92. The zero-order valence-corrected chi connectivity index (χ0v) is 41.6. The highest BCUT2D eigenvalue weighted by molar-refractivity contribution is 5.85. The van der Waals surface area contributed by atoms with E-state index in [2.05, 4.69) is 0 Å². The van der Waals surface area contributed by atoms with Crippen LogP contribution in [-0.2, 0) is 4.79 Å². The van der Waals surface area contributed by atoms with Crippen molar-refractivity contribution in [3.8, 4) is 74.7 Å². The molecule has 9 atom stereocenters. The molecule has 10 N–H and O–H groups in total. The maximum Gasteiger partial charge on any atom is 0.312 e. The molecule has 0 saturated heterocycles. The summed E-state index contributed by atoms with van der Waals surface area (Å²) >= 11 is 0. The van der Waals surface area contributed by atoms with Crippen LogP contribution >= 0.6 is 0 Å². The molecule has 14 nitrogen and oxygen atoms in total. The van der Waals surface area contributed by atoms with Crippen LogP contribution in [0.1, 0.15) is 138 Å². The van der Waals surface area contributed by atoms with E-state index in [4.69, 9.17) is 14.2 Å². The zero-order chi connectivity index (χ0) is 54.3. The van der Waals surface area contributed by atoms with Crippen molar-refractivity contribution in [2.75, 3.05) is 0 Å². The highest BCUT2D eigenvalue weighted by atomic mass is 16.5. The third kappa shape index (κ3) is 7.42. The van der Waals surface area contributed by atoms with E-state index in [1.165, 1.54) is 42.5 Å². The van der Waals surface area contributed by atoms with Crippen LogP contribution in [-0.4, -0.2) is 57.0 Å². The molecule has 0 radical (unpaired) electrons. The van der Waals surface area contributed by atoms with Crippen molar-refractivity contribution in [1.29, 1.82) is 0 Å². The molecule has 2 aliphatic carbocycles. The molecule has 3 aliphatic heterocycles. The van der Waals surface area contributed by atoms with Gasteiger partial charge in [0.1, 0.15) is 87.0 Å². The number of phenolic OH excluding ortho intramolecular Hbond substituents is 10. The summed E-state index contributed by atoms with van der Waals surface area (Å²) in [6.45, 7) is 0. The molecule has 0 bridgehead atoms. The zero-order valence-electron chi connectivity index (χ0n) is 41.6. The molecule has 392 valence electrons. The highest BCUT2D eigenvalue weighted by Gasteiger charge is 2.59. The number of carbonyl (C=O) groups is 1. The van der Waals surface area contributed by atoms with E-state index in [-0.39, 0.29) is 75.4 Å². The quantitative estimate of drug-likeness (QED) is 0.0527. The lowest BCUT2D eigenvalue weighted by Gasteiger charge is -2.35. The number of phenols is 10. The predicted octanol–water partition coefficient (Wildman–Crippen LogP) is 11.9. The number of hydrogen-bond donors (Lipinski definition) is 10. The van der Waals surface area contributed by atoms with E-state index in [0.29, 0.717) is 83.6 Å². The van der Waals surface area contributed by atoms with Gasteiger partial charge in [-0.15, -0.1) is 0 Å². The molecule has 9 aromatic rings. The Balaban J connectivity index is 1.17. The van der Waals surface area contributed by atoms with Gasteiger partial charge in [0.05, 0.1) is 18.3 Å². The number of carbonyl (C=O) groups excluding carboxylic acids is 1. The average molecular weight is 1050 g/mol. The van der Waals surface area contributed by atoms with Crippen LogP contribution in [0.15, 0.2) is 164 Å². The minimum atomic E-state index is -0.944. The van der Waals surface area contributed by atoms with E-state index in [1.807, 2.05) is 12.1 Å². The van der Waals surface area contributed by atoms with Crippen molar-refractivity contribution in [2.45, 2.75) is 60.1 Å². The number of hydrogen-bond acceptors (Lipinski definition) is 14. The van der Waals surface area contributed by atoms with Gasteiger partial charge in [0.15, 0.2) is 0 Å². The summed E-state index contributed by atoms with van der Waals surface area (Å²) in [5.41, 5.74) is 8.07. The maximum absolute atomic E-state index is 14.7. The van der Waals surface area contributed by atoms with Gasteiger partial charge in [0.25, 0.3) is 0 Å². The summed E-state index contributed by atoms with van der Waals surface area (Å²) in [7, 11) is 0. The molecule has 0 spiro atoms. The topological polar surface area (TPSA) is 247 Å². The third-order valence-electron chi connectivity index (χ3n) is 16.8. The Bertz CT molecular complexity index is 3950. The standard InChI is InChI=1S/C65H48O14/c66-35-11-1-29(2-12-35)44-28-49(76)78-64-57(44)65-61-56(63(79-65)33-9-19-39(70)20-10-33)45-24-42(73)26-47(75)53(45)50(30-3-13-36(67)14-4-30)58-51(31-5-15-37(68)16-6-31)55(60(64)59(58)61)46-25-43(74)27-48-54(46)52(34-21-40(71)23-41(72)22-34)62(77-48)32-7-17-38(69)18-8-32/h1-27,44,50-52,55-56,58,62-63,66-75H,28H2/t44-,50+,51-,52+,55+,56+,58-,62+,63-/m1/s1. The van der Waals surface area contributed by atoms with Gasteiger partial charge in [-0.05, 0) is 135 Å². The van der Waals surface area contributed by atoms with Crippen molar-refractivity contribution < 1.29 is 70.1 Å². The summed E-state index contributed by atoms with van der Waals surface area (Å²) in [5.74, 6) is -6.61. The van der Waals surface area contributed by atoms with Crippen molar-refractivity contribution in [3.05, 3.63) is 242 Å². The largest absolute Gasteiger partial charge is 0.508 e. The molecule has 0 unspecified atom stereocenters. The van der Waals surface area contributed by atoms with Crippen molar-refractivity contribution in [1.82, 2.24) is 0 Å². The molecule has 5 aliphatic rings. The first kappa shape index (κ1) is 47.5. The predicted molar refractivity (Wildman–Crippen MR) is 286 cm³/mol. The molecular weight excluding hydrogens is 1000 g/mol. The molecular formula is C65H48O14. The first-order chi connectivity index (χ1) is 38.2. The number of benzene rings is 9. The Hall–Kier alpha value is -9.95. The Morgan fingerprint density at radius 3 is 1.37 bits per heavy atom. The van der Waals surface area contributed by atoms with Crippen molar-refractivity contribution in [2.24, 2.45) is 0 Å². The third-order valence-corrected chi connectivity index (χ3v) is 16.8. The summed E-state index contributed by atoms with van der Waals surface area (Å²) in [5, 5.41) is 113. The first-order valence-electron chi connectivity index (χ1n) is 25.8. The maximum atomic E-state index is 14.7. The number of ether oxygens (including phenoxy) is 3. The van der Waals surface area contributed by atoms with Crippen LogP contribution < -0.4 is 14.2 Å². The van der Waals surface area contributed by atoms with Crippen LogP contribution in [0.3, 0.4) is 0 Å². The second-order valence-electron chi connectivity index (χ2n) is 21.2. The molecule has 79 heavy (non-hydrogen) atoms. The fourth-order valence-corrected chi connectivity index (χ4v) is 13.9. The SMILES string of the molecule is O=C1C[C@H](c2ccc(O)cc2)c2c(c3c4c5c2O[C@H](c2ccc(O)cc2)[C@H]5c2cc(O)cc(O)c2[C@H](c2ccc(O)cc2)[C@@H]4[C@H](c2ccc(O)cc2)[C@@H]3c2cc(O)cc3c2[C@H](c2cc(O)cc(O)c2)[C@H](c2ccc(O)cc2)O3)O1. The number of fused-ring (bicyclic) bond motifs is 6. The van der Waals surface area contributed by atoms with Crippen LogP contribution in [0, 0.1) is 0 Å². The van der Waals surface area contributed by atoms with Crippen LogP contribution in [0.25, 0.3) is 0 Å². The summed E-state index contributed by atoms with van der Waals surface area (Å²) in [4.78, 5) is 14.7. The monoisotopic (exact) mass is 1050 g/mol. The summed E-state index contributed by atoms with van der Waals surface area (Å²) in [6, 6.07) is 43.5. The van der Waals surface area contributed by atoms with E-state index in [9.17, 15) is 55.9 Å². The lowest BCUT2D eigenvalue weighted by molar-refractivity contribution is -0.135. The second-order valence-corrected chi connectivity index (χ2v) is 21.2. The van der Waals surface area contributed by atoms with Gasteiger partial charge >= 0.3 is 5.97 Å². The summed E-state index contributed by atoms with van der Waals surface area (Å²) < 4.78 is 21.1. The Morgan fingerprint density at radius 1 is 0.329 bits per heavy atom. The lowest BCUT2D eigenvalue weighted by Crippen LogP contribution is -2.24. The molecule has 14 heteroatoms. The van der Waals surface area contributed by atoms with Gasteiger partial charge in [0.2, 0.25) is 0 Å². The van der Waals surface area contributed by atoms with E-state index in [0.717, 1.165) is 0 Å². The van der Waals surface area contributed by atoms with Crippen LogP contribution in [0.2, 0.25) is 0 Å².